The molecule has 0 bridgehead atoms. The molecular weight excluding hydrogens is 357 g/mol. The molecule has 2 N–H and O–H groups in total. The number of amides is 1. The van der Waals surface area contributed by atoms with E-state index in [1.165, 1.54) is 6.07 Å². The van der Waals surface area contributed by atoms with E-state index >= 15 is 0 Å². The number of carbonyl (C=O) groups is 1. The minimum absolute atomic E-state index is 0.245. The fourth-order valence-electron chi connectivity index (χ4n) is 2.27. The Balaban J connectivity index is 1.57. The molecule has 8 heteroatoms. The van der Waals surface area contributed by atoms with E-state index in [4.69, 9.17) is 0 Å². The molecule has 0 atom stereocenters. The first-order chi connectivity index (χ1) is 12.9. The van der Waals surface area contributed by atoms with E-state index in [1.807, 2.05) is 0 Å². The molecular formula is C19H15F3N4O. The standard InChI is InChI=1S/C19H15F3N4O/c20-19(21,22)15-5-6-17(25-12-15)24-11-13-1-3-14(4-2-13)18(27)26-16-7-9-23-10-8-16/h1-10,12H,11H2,(H,24,25)(H,23,26,27). The maximum atomic E-state index is 12.5. The molecule has 0 radical (unpaired) electrons. The molecule has 0 aliphatic carbocycles. The van der Waals surface area contributed by atoms with Crippen molar-refractivity contribution in [1.82, 2.24) is 9.97 Å². The highest BCUT2D eigenvalue weighted by Crippen LogP contribution is 2.28. The fourth-order valence-corrected chi connectivity index (χ4v) is 2.27. The quantitative estimate of drug-likeness (QED) is 0.698. The predicted octanol–water partition coefficient (Wildman–Crippen LogP) is 4.36. The van der Waals surface area contributed by atoms with Gasteiger partial charge in [0, 0.05) is 36.4 Å². The molecule has 3 aromatic rings. The second-order valence-corrected chi connectivity index (χ2v) is 5.67. The first-order valence-electron chi connectivity index (χ1n) is 7.99. The van der Waals surface area contributed by atoms with Crippen molar-refractivity contribution in [3.8, 4) is 0 Å². The topological polar surface area (TPSA) is 66.9 Å². The Morgan fingerprint density at radius 1 is 0.963 bits per heavy atom. The van der Waals surface area contributed by atoms with Crippen LogP contribution in [0.25, 0.3) is 0 Å². The van der Waals surface area contributed by atoms with Gasteiger partial charge in [-0.25, -0.2) is 4.98 Å². The molecule has 1 amide bonds. The lowest BCUT2D eigenvalue weighted by Crippen LogP contribution is -2.12. The van der Waals surface area contributed by atoms with E-state index < -0.39 is 11.7 Å². The zero-order valence-electron chi connectivity index (χ0n) is 14.0. The minimum Gasteiger partial charge on any atom is -0.366 e. The summed E-state index contributed by atoms with van der Waals surface area (Å²) in [5, 5.41) is 5.70. The van der Waals surface area contributed by atoms with Gasteiger partial charge in [-0.05, 0) is 42.0 Å². The third-order valence-corrected chi connectivity index (χ3v) is 3.72. The highest BCUT2D eigenvalue weighted by atomic mass is 19.4. The number of pyridine rings is 2. The second kappa shape index (κ2) is 7.86. The number of nitrogens with zero attached hydrogens (tertiary/aromatic N) is 2. The Morgan fingerprint density at radius 3 is 2.26 bits per heavy atom. The maximum Gasteiger partial charge on any atom is 0.417 e. The van der Waals surface area contributed by atoms with Gasteiger partial charge in [-0.15, -0.1) is 0 Å². The molecule has 5 nitrogen and oxygen atoms in total. The van der Waals surface area contributed by atoms with Gasteiger partial charge in [0.25, 0.3) is 5.91 Å². The van der Waals surface area contributed by atoms with Crippen molar-refractivity contribution >= 4 is 17.4 Å². The second-order valence-electron chi connectivity index (χ2n) is 5.67. The van der Waals surface area contributed by atoms with Crippen molar-refractivity contribution in [3.05, 3.63) is 83.8 Å². The van der Waals surface area contributed by atoms with Crippen LogP contribution in [0.1, 0.15) is 21.5 Å². The number of alkyl halides is 3. The molecule has 27 heavy (non-hydrogen) atoms. The molecule has 2 aromatic heterocycles. The molecule has 1 aromatic carbocycles. The monoisotopic (exact) mass is 372 g/mol. The number of rotatable bonds is 5. The van der Waals surface area contributed by atoms with Crippen LogP contribution in [-0.4, -0.2) is 15.9 Å². The van der Waals surface area contributed by atoms with Crippen LogP contribution in [0.4, 0.5) is 24.7 Å². The number of anilines is 2. The van der Waals surface area contributed by atoms with Crippen molar-refractivity contribution in [3.63, 3.8) is 0 Å². The number of aromatic nitrogens is 2. The average Bonchev–Trinajstić information content (AvgIpc) is 2.67. The average molecular weight is 372 g/mol. The summed E-state index contributed by atoms with van der Waals surface area (Å²) < 4.78 is 37.5. The number of carbonyl (C=O) groups excluding carboxylic acids is 1. The van der Waals surface area contributed by atoms with Gasteiger partial charge < -0.3 is 10.6 Å². The van der Waals surface area contributed by atoms with Gasteiger partial charge in [-0.1, -0.05) is 12.1 Å². The smallest absolute Gasteiger partial charge is 0.366 e. The summed E-state index contributed by atoms with van der Waals surface area (Å²) in [6, 6.07) is 12.5. The Kier molecular flexibility index (Phi) is 5.35. The number of benzene rings is 1. The van der Waals surface area contributed by atoms with Gasteiger partial charge in [-0.2, -0.15) is 13.2 Å². The molecule has 0 aliphatic rings. The molecule has 2 heterocycles. The number of hydrogen-bond donors (Lipinski definition) is 2. The zero-order chi connectivity index (χ0) is 19.3. The van der Waals surface area contributed by atoms with E-state index in [-0.39, 0.29) is 5.91 Å². The van der Waals surface area contributed by atoms with Crippen molar-refractivity contribution in [1.29, 1.82) is 0 Å². The van der Waals surface area contributed by atoms with E-state index in [1.54, 1.807) is 48.8 Å². The molecule has 0 unspecified atom stereocenters. The molecule has 0 fully saturated rings. The molecule has 0 spiro atoms. The van der Waals surface area contributed by atoms with Crippen LogP contribution < -0.4 is 10.6 Å². The van der Waals surface area contributed by atoms with E-state index in [0.29, 0.717) is 23.6 Å². The Morgan fingerprint density at radius 2 is 1.67 bits per heavy atom. The summed E-state index contributed by atoms with van der Waals surface area (Å²) >= 11 is 0. The van der Waals surface area contributed by atoms with Crippen LogP contribution in [0.2, 0.25) is 0 Å². The van der Waals surface area contributed by atoms with Crippen molar-refractivity contribution in [2.24, 2.45) is 0 Å². The summed E-state index contributed by atoms with van der Waals surface area (Å²) in [6.07, 6.45) is -0.452. The normalized spacial score (nSPS) is 11.1. The maximum absolute atomic E-state index is 12.5. The van der Waals surface area contributed by atoms with Gasteiger partial charge in [0.2, 0.25) is 0 Å². The van der Waals surface area contributed by atoms with Crippen LogP contribution >= 0.6 is 0 Å². The van der Waals surface area contributed by atoms with Gasteiger partial charge in [0.05, 0.1) is 5.56 Å². The lowest BCUT2D eigenvalue weighted by Gasteiger charge is -2.09. The fraction of sp³-hybridized carbons (Fsp3) is 0.105. The first kappa shape index (κ1) is 18.4. The number of hydrogen-bond acceptors (Lipinski definition) is 4. The van der Waals surface area contributed by atoms with E-state index in [2.05, 4.69) is 20.6 Å². The summed E-state index contributed by atoms with van der Waals surface area (Å²) in [4.78, 5) is 19.8. The third-order valence-electron chi connectivity index (χ3n) is 3.72. The van der Waals surface area contributed by atoms with Gasteiger partial charge in [0.1, 0.15) is 5.82 Å². The Bertz CT molecular complexity index is 895. The van der Waals surface area contributed by atoms with Crippen molar-refractivity contribution in [2.75, 3.05) is 10.6 Å². The van der Waals surface area contributed by atoms with E-state index in [0.717, 1.165) is 17.8 Å². The molecule has 3 rings (SSSR count). The minimum atomic E-state index is -4.40. The summed E-state index contributed by atoms with van der Waals surface area (Å²) in [6.45, 7) is 0.366. The lowest BCUT2D eigenvalue weighted by atomic mass is 10.1. The molecule has 0 aliphatic heterocycles. The predicted molar refractivity (Wildman–Crippen MR) is 95.2 cm³/mol. The highest BCUT2D eigenvalue weighted by molar-refractivity contribution is 6.04. The third kappa shape index (κ3) is 5.04. The van der Waals surface area contributed by atoms with E-state index in [9.17, 15) is 18.0 Å². The van der Waals surface area contributed by atoms with Crippen LogP contribution in [0.15, 0.2) is 67.1 Å². The number of halogens is 3. The Labute approximate surface area is 153 Å². The summed E-state index contributed by atoms with van der Waals surface area (Å²) in [7, 11) is 0. The SMILES string of the molecule is O=C(Nc1ccncc1)c1ccc(CNc2ccc(C(F)(F)F)cn2)cc1. The van der Waals surface area contributed by atoms with Crippen molar-refractivity contribution in [2.45, 2.75) is 12.7 Å². The van der Waals surface area contributed by atoms with Crippen molar-refractivity contribution < 1.29 is 18.0 Å². The summed E-state index contributed by atoms with van der Waals surface area (Å²) in [5.74, 6) is 0.0904. The lowest BCUT2D eigenvalue weighted by molar-refractivity contribution is -0.137. The van der Waals surface area contributed by atoms with Crippen LogP contribution in [0.5, 0.6) is 0 Å². The van der Waals surface area contributed by atoms with Crippen LogP contribution in [0, 0.1) is 0 Å². The first-order valence-corrected chi connectivity index (χ1v) is 7.99. The zero-order valence-corrected chi connectivity index (χ0v) is 14.0. The highest BCUT2D eigenvalue weighted by Gasteiger charge is 2.30. The number of nitrogens with one attached hydrogen (secondary N) is 2. The van der Waals surface area contributed by atoms with Gasteiger partial charge in [-0.3, -0.25) is 9.78 Å². The van der Waals surface area contributed by atoms with Gasteiger partial charge >= 0.3 is 6.18 Å². The van der Waals surface area contributed by atoms with Gasteiger partial charge in [0.15, 0.2) is 0 Å². The molecule has 138 valence electrons. The van der Waals surface area contributed by atoms with Crippen LogP contribution in [-0.2, 0) is 12.7 Å². The molecule has 0 saturated carbocycles. The molecule has 0 saturated heterocycles. The summed E-state index contributed by atoms with van der Waals surface area (Å²) in [5.41, 5.74) is 1.20. The Hall–Kier alpha value is -3.42. The largest absolute Gasteiger partial charge is 0.417 e. The van der Waals surface area contributed by atoms with Crippen LogP contribution in [0.3, 0.4) is 0 Å².